The molecule has 0 aromatic heterocycles. The topological polar surface area (TPSA) is 20.2 Å². The van der Waals surface area contributed by atoms with Gasteiger partial charge in [-0.25, -0.2) is 0 Å². The van der Waals surface area contributed by atoms with Crippen molar-refractivity contribution in [2.45, 2.75) is 84.0 Å². The molecule has 2 aliphatic rings. The molecular formula is C24H34O. The highest BCUT2D eigenvalue weighted by Crippen LogP contribution is 2.48. The third-order valence-electron chi connectivity index (χ3n) is 6.46. The molecule has 0 fully saturated rings. The standard InChI is InChI=1S/C24H34O/c1-17-15-21-22(24(4,5)13-12-23(21,2)3)16-20(17)19-11-7-6-9-18(19)10-8-14-25/h8,10,15-16,25H,6-7,9,11-14H2,1-5H3/b10-8+. The van der Waals surface area contributed by atoms with Crippen molar-refractivity contribution in [3.63, 3.8) is 0 Å². The van der Waals surface area contributed by atoms with Crippen molar-refractivity contribution < 1.29 is 5.11 Å². The molecule has 1 nitrogen and oxygen atoms in total. The van der Waals surface area contributed by atoms with Gasteiger partial charge in [-0.05, 0) is 89.7 Å². The van der Waals surface area contributed by atoms with Gasteiger partial charge in [0, 0.05) is 0 Å². The molecule has 3 rings (SSSR count). The quantitative estimate of drug-likeness (QED) is 0.693. The van der Waals surface area contributed by atoms with Gasteiger partial charge < -0.3 is 5.11 Å². The summed E-state index contributed by atoms with van der Waals surface area (Å²) in [6.45, 7) is 12.0. The Labute approximate surface area is 153 Å². The van der Waals surface area contributed by atoms with E-state index in [0.717, 1.165) is 12.8 Å². The Balaban J connectivity index is 2.18. The van der Waals surface area contributed by atoms with Crippen molar-refractivity contribution in [1.29, 1.82) is 0 Å². The maximum absolute atomic E-state index is 9.18. The van der Waals surface area contributed by atoms with Crippen LogP contribution >= 0.6 is 0 Å². The van der Waals surface area contributed by atoms with Crippen LogP contribution in [0.15, 0.2) is 29.9 Å². The highest BCUT2D eigenvalue weighted by atomic mass is 16.2. The van der Waals surface area contributed by atoms with Gasteiger partial charge in [0.25, 0.3) is 0 Å². The van der Waals surface area contributed by atoms with Crippen molar-refractivity contribution in [3.05, 3.63) is 52.1 Å². The summed E-state index contributed by atoms with van der Waals surface area (Å²) >= 11 is 0. The first kappa shape index (κ1) is 18.5. The van der Waals surface area contributed by atoms with E-state index in [1.807, 2.05) is 6.08 Å². The van der Waals surface area contributed by atoms with Gasteiger partial charge in [-0.3, -0.25) is 0 Å². The SMILES string of the molecule is Cc1cc2c(cc1C1=C(/C=C/CO)CCCC1)C(C)(C)CCC2(C)C. The summed E-state index contributed by atoms with van der Waals surface area (Å²) in [7, 11) is 0. The normalized spacial score (nSPS) is 22.3. The Morgan fingerprint density at radius 2 is 1.56 bits per heavy atom. The van der Waals surface area contributed by atoms with Crippen LogP contribution in [-0.2, 0) is 10.8 Å². The summed E-state index contributed by atoms with van der Waals surface area (Å²) < 4.78 is 0. The number of hydrogen-bond donors (Lipinski definition) is 1. The molecule has 0 bridgehead atoms. The predicted octanol–water partition coefficient (Wildman–Crippen LogP) is 6.22. The maximum Gasteiger partial charge on any atom is 0.0615 e. The van der Waals surface area contributed by atoms with E-state index in [1.165, 1.54) is 48.0 Å². The second-order valence-corrected chi connectivity index (χ2v) is 9.28. The molecule has 0 saturated heterocycles. The van der Waals surface area contributed by atoms with Gasteiger partial charge in [-0.15, -0.1) is 0 Å². The van der Waals surface area contributed by atoms with Gasteiger partial charge in [0.05, 0.1) is 6.61 Å². The smallest absolute Gasteiger partial charge is 0.0615 e. The summed E-state index contributed by atoms with van der Waals surface area (Å²) in [6.07, 6.45) is 11.4. The van der Waals surface area contributed by atoms with Crippen LogP contribution in [0, 0.1) is 6.92 Å². The van der Waals surface area contributed by atoms with Crippen LogP contribution in [0.25, 0.3) is 5.57 Å². The molecule has 1 heteroatoms. The van der Waals surface area contributed by atoms with Crippen LogP contribution in [0.4, 0.5) is 0 Å². The highest BCUT2D eigenvalue weighted by molar-refractivity contribution is 5.75. The minimum Gasteiger partial charge on any atom is -0.392 e. The Kier molecular flexibility index (Phi) is 4.99. The molecule has 0 atom stereocenters. The fraction of sp³-hybridized carbons (Fsp3) is 0.583. The molecule has 25 heavy (non-hydrogen) atoms. The first-order valence-electron chi connectivity index (χ1n) is 9.92. The number of rotatable bonds is 3. The van der Waals surface area contributed by atoms with Gasteiger partial charge in [-0.2, -0.15) is 0 Å². The van der Waals surface area contributed by atoms with Crippen molar-refractivity contribution in [1.82, 2.24) is 0 Å². The summed E-state index contributed by atoms with van der Waals surface area (Å²) in [5.74, 6) is 0. The Morgan fingerprint density at radius 1 is 0.960 bits per heavy atom. The van der Waals surface area contributed by atoms with E-state index in [-0.39, 0.29) is 17.4 Å². The fourth-order valence-electron chi connectivity index (χ4n) is 4.66. The van der Waals surface area contributed by atoms with Crippen molar-refractivity contribution in [2.75, 3.05) is 6.61 Å². The van der Waals surface area contributed by atoms with Crippen LogP contribution in [0.3, 0.4) is 0 Å². The summed E-state index contributed by atoms with van der Waals surface area (Å²) in [4.78, 5) is 0. The zero-order valence-corrected chi connectivity index (χ0v) is 16.7. The molecule has 0 unspecified atom stereocenters. The first-order chi connectivity index (χ1) is 11.8. The monoisotopic (exact) mass is 338 g/mol. The minimum absolute atomic E-state index is 0.126. The molecule has 0 saturated carbocycles. The average Bonchev–Trinajstić information content (AvgIpc) is 2.57. The van der Waals surface area contributed by atoms with Crippen molar-refractivity contribution in [2.24, 2.45) is 0 Å². The van der Waals surface area contributed by atoms with Crippen LogP contribution < -0.4 is 0 Å². The zero-order valence-electron chi connectivity index (χ0n) is 16.7. The molecule has 1 aromatic carbocycles. The molecule has 0 aliphatic heterocycles. The fourth-order valence-corrected chi connectivity index (χ4v) is 4.66. The van der Waals surface area contributed by atoms with Crippen LogP contribution in [0.1, 0.15) is 88.5 Å². The second kappa shape index (κ2) is 6.76. The van der Waals surface area contributed by atoms with Gasteiger partial charge in [0.2, 0.25) is 0 Å². The Hall–Kier alpha value is -1.34. The summed E-state index contributed by atoms with van der Waals surface area (Å²) in [6, 6.07) is 4.99. The summed E-state index contributed by atoms with van der Waals surface area (Å²) in [5.41, 5.74) is 9.42. The van der Waals surface area contributed by atoms with Crippen LogP contribution in [-0.4, -0.2) is 11.7 Å². The van der Waals surface area contributed by atoms with E-state index in [9.17, 15) is 5.11 Å². The van der Waals surface area contributed by atoms with E-state index in [1.54, 1.807) is 11.1 Å². The van der Waals surface area contributed by atoms with E-state index in [2.05, 4.69) is 52.8 Å². The van der Waals surface area contributed by atoms with E-state index >= 15 is 0 Å². The largest absolute Gasteiger partial charge is 0.392 e. The average molecular weight is 339 g/mol. The minimum atomic E-state index is 0.126. The number of aryl methyl sites for hydroxylation is 1. The number of benzene rings is 1. The van der Waals surface area contributed by atoms with E-state index in [0.29, 0.717) is 0 Å². The lowest BCUT2D eigenvalue weighted by Crippen LogP contribution is -2.34. The lowest BCUT2D eigenvalue weighted by atomic mass is 9.62. The number of aliphatic hydroxyl groups is 1. The first-order valence-corrected chi connectivity index (χ1v) is 9.92. The van der Waals surface area contributed by atoms with E-state index < -0.39 is 0 Å². The maximum atomic E-state index is 9.18. The molecule has 0 heterocycles. The number of aliphatic hydroxyl groups excluding tert-OH is 1. The Morgan fingerprint density at radius 3 is 2.20 bits per heavy atom. The van der Waals surface area contributed by atoms with Crippen molar-refractivity contribution >= 4 is 5.57 Å². The number of hydrogen-bond acceptors (Lipinski definition) is 1. The zero-order chi connectivity index (χ0) is 18.2. The molecule has 0 radical (unpaired) electrons. The molecule has 1 aromatic rings. The molecule has 0 spiro atoms. The lowest BCUT2D eigenvalue weighted by molar-refractivity contribution is 0.331. The Bertz CT molecular complexity index is 716. The number of fused-ring (bicyclic) bond motifs is 1. The second-order valence-electron chi connectivity index (χ2n) is 9.28. The van der Waals surface area contributed by atoms with Gasteiger partial charge in [0.15, 0.2) is 0 Å². The van der Waals surface area contributed by atoms with Crippen LogP contribution in [0.5, 0.6) is 0 Å². The van der Waals surface area contributed by atoms with Gasteiger partial charge in [-0.1, -0.05) is 52.0 Å². The molecule has 2 aliphatic carbocycles. The van der Waals surface area contributed by atoms with E-state index in [4.69, 9.17) is 0 Å². The highest BCUT2D eigenvalue weighted by Gasteiger charge is 2.37. The third kappa shape index (κ3) is 3.49. The number of allylic oxidation sites excluding steroid dienone is 3. The van der Waals surface area contributed by atoms with Gasteiger partial charge in [0.1, 0.15) is 0 Å². The molecule has 136 valence electrons. The molecule has 1 N–H and O–H groups in total. The molecule has 0 amide bonds. The predicted molar refractivity (Wildman–Crippen MR) is 108 cm³/mol. The van der Waals surface area contributed by atoms with Crippen molar-refractivity contribution in [3.8, 4) is 0 Å². The lowest BCUT2D eigenvalue weighted by Gasteiger charge is -2.42. The van der Waals surface area contributed by atoms with Gasteiger partial charge >= 0.3 is 0 Å². The summed E-state index contributed by atoms with van der Waals surface area (Å²) in [5, 5.41) is 9.18. The molecular weight excluding hydrogens is 304 g/mol. The van der Waals surface area contributed by atoms with Crippen LogP contribution in [0.2, 0.25) is 0 Å². The third-order valence-corrected chi connectivity index (χ3v) is 6.46.